The lowest BCUT2D eigenvalue weighted by atomic mass is 10.0. The van der Waals surface area contributed by atoms with Gasteiger partial charge in [0.2, 0.25) is 0 Å². The van der Waals surface area contributed by atoms with Gasteiger partial charge in [-0.05, 0) is 42.0 Å². The second-order valence-corrected chi connectivity index (χ2v) is 4.50. The van der Waals surface area contributed by atoms with Crippen molar-refractivity contribution in [2.75, 3.05) is 0 Å². The van der Waals surface area contributed by atoms with Crippen LogP contribution in [0.1, 0.15) is 5.56 Å². The Bertz CT molecular complexity index is 717. The smallest absolute Gasteiger partial charge is 0.406 e. The van der Waals surface area contributed by atoms with E-state index in [9.17, 15) is 17.6 Å². The minimum absolute atomic E-state index is 0.0339. The zero-order valence-electron chi connectivity index (χ0n) is 10.3. The first kappa shape index (κ1) is 15.2. The van der Waals surface area contributed by atoms with Gasteiger partial charge in [0.25, 0.3) is 0 Å². The van der Waals surface area contributed by atoms with Crippen molar-refractivity contribution in [3.63, 3.8) is 0 Å². The maximum atomic E-state index is 13.8. The number of alkyl halides is 3. The Labute approximate surface area is 123 Å². The fraction of sp³-hybridized carbons (Fsp3) is 0.0667. The first-order valence-corrected chi connectivity index (χ1v) is 5.99. The molecule has 6 heteroatoms. The minimum atomic E-state index is -4.86. The van der Waals surface area contributed by atoms with Crippen LogP contribution in [0, 0.1) is 18.2 Å². The average Bonchev–Trinajstić information content (AvgIpc) is 2.39. The number of hydrogen-bond donors (Lipinski definition) is 0. The van der Waals surface area contributed by atoms with Gasteiger partial charge >= 0.3 is 6.36 Å². The molecule has 2 aromatic rings. The van der Waals surface area contributed by atoms with Gasteiger partial charge < -0.3 is 4.74 Å². The summed E-state index contributed by atoms with van der Waals surface area (Å²) in [5.41, 5.74) is 0.308. The van der Waals surface area contributed by atoms with E-state index in [1.807, 2.05) is 0 Å². The van der Waals surface area contributed by atoms with Crippen molar-refractivity contribution < 1.29 is 22.3 Å². The second-order valence-electron chi connectivity index (χ2n) is 4.06. The van der Waals surface area contributed by atoms with Crippen LogP contribution in [0.15, 0.2) is 36.4 Å². The summed E-state index contributed by atoms with van der Waals surface area (Å²) in [6.07, 6.45) is 0.327. The summed E-state index contributed by atoms with van der Waals surface area (Å²) in [6.45, 7) is 0. The molecule has 0 radical (unpaired) electrons. The van der Waals surface area contributed by atoms with Crippen LogP contribution in [-0.2, 0) is 0 Å². The Morgan fingerprint density at radius 1 is 1.10 bits per heavy atom. The Morgan fingerprint density at radius 2 is 1.81 bits per heavy atom. The highest BCUT2D eigenvalue weighted by Gasteiger charge is 2.31. The lowest BCUT2D eigenvalue weighted by Gasteiger charge is -2.12. The molecular formula is C15H7ClF4O. The third-order valence-corrected chi connectivity index (χ3v) is 2.78. The van der Waals surface area contributed by atoms with Gasteiger partial charge in [-0.3, -0.25) is 0 Å². The summed E-state index contributed by atoms with van der Waals surface area (Å²) in [4.78, 5) is 0. The molecule has 0 amide bonds. The van der Waals surface area contributed by atoms with E-state index in [2.05, 4.69) is 10.7 Å². The molecule has 0 N–H and O–H groups in total. The maximum Gasteiger partial charge on any atom is 0.573 e. The topological polar surface area (TPSA) is 9.23 Å². The molecule has 0 aliphatic heterocycles. The molecule has 0 saturated carbocycles. The molecule has 0 atom stereocenters. The first-order valence-electron chi connectivity index (χ1n) is 5.61. The van der Waals surface area contributed by atoms with Crippen molar-refractivity contribution in [2.24, 2.45) is 0 Å². The van der Waals surface area contributed by atoms with Crippen molar-refractivity contribution in [2.45, 2.75) is 6.36 Å². The van der Waals surface area contributed by atoms with Crippen LogP contribution >= 0.6 is 11.6 Å². The third-order valence-electron chi connectivity index (χ3n) is 2.55. The van der Waals surface area contributed by atoms with Gasteiger partial charge in [-0.2, -0.15) is 0 Å². The van der Waals surface area contributed by atoms with Crippen LogP contribution in [0.4, 0.5) is 17.6 Å². The zero-order chi connectivity index (χ0) is 15.6. The van der Waals surface area contributed by atoms with E-state index >= 15 is 0 Å². The lowest BCUT2D eigenvalue weighted by molar-refractivity contribution is -0.274. The predicted molar refractivity (Wildman–Crippen MR) is 71.5 cm³/mol. The molecule has 0 unspecified atom stereocenters. The van der Waals surface area contributed by atoms with E-state index in [0.717, 1.165) is 18.2 Å². The van der Waals surface area contributed by atoms with E-state index in [1.165, 1.54) is 18.2 Å². The maximum absolute atomic E-state index is 13.8. The highest BCUT2D eigenvalue weighted by Crippen LogP contribution is 2.32. The lowest BCUT2D eigenvalue weighted by Crippen LogP contribution is -2.17. The molecule has 108 valence electrons. The summed E-state index contributed by atoms with van der Waals surface area (Å²) in [5.74, 6) is 1.04. The normalized spacial score (nSPS) is 11.0. The van der Waals surface area contributed by atoms with Crippen LogP contribution in [-0.4, -0.2) is 6.36 Å². The monoisotopic (exact) mass is 314 g/mol. The molecule has 21 heavy (non-hydrogen) atoms. The summed E-state index contributed by atoms with van der Waals surface area (Å²) < 4.78 is 54.5. The van der Waals surface area contributed by atoms with E-state index in [-0.39, 0.29) is 21.7 Å². The largest absolute Gasteiger partial charge is 0.573 e. The summed E-state index contributed by atoms with van der Waals surface area (Å²) in [7, 11) is 0. The van der Waals surface area contributed by atoms with E-state index < -0.39 is 17.9 Å². The van der Waals surface area contributed by atoms with Gasteiger partial charge in [-0.25, -0.2) is 4.39 Å². The van der Waals surface area contributed by atoms with Crippen LogP contribution < -0.4 is 4.74 Å². The van der Waals surface area contributed by atoms with Gasteiger partial charge in [0.1, 0.15) is 11.6 Å². The van der Waals surface area contributed by atoms with Crippen LogP contribution in [0.3, 0.4) is 0 Å². The summed E-state index contributed by atoms with van der Waals surface area (Å²) in [6, 6.07) is 7.20. The van der Waals surface area contributed by atoms with E-state index in [0.29, 0.717) is 0 Å². The predicted octanol–water partition coefficient (Wildman–Crippen LogP) is 5.03. The fourth-order valence-electron chi connectivity index (χ4n) is 1.75. The number of halogens is 5. The molecular weight excluding hydrogens is 308 g/mol. The Kier molecular flexibility index (Phi) is 4.10. The van der Waals surface area contributed by atoms with Crippen LogP contribution in [0.5, 0.6) is 5.75 Å². The van der Waals surface area contributed by atoms with Gasteiger partial charge in [0, 0.05) is 16.1 Å². The fourth-order valence-corrected chi connectivity index (χ4v) is 1.92. The molecule has 0 aliphatic carbocycles. The molecule has 0 bridgehead atoms. The molecule has 0 fully saturated rings. The third kappa shape index (κ3) is 3.89. The number of ether oxygens (including phenoxy) is 1. The molecule has 0 saturated heterocycles. The van der Waals surface area contributed by atoms with Gasteiger partial charge in [0.05, 0.1) is 0 Å². The molecule has 1 nitrogen and oxygen atoms in total. The zero-order valence-corrected chi connectivity index (χ0v) is 11.1. The van der Waals surface area contributed by atoms with E-state index in [1.54, 1.807) is 0 Å². The highest BCUT2D eigenvalue weighted by molar-refractivity contribution is 6.30. The Morgan fingerprint density at radius 3 is 2.43 bits per heavy atom. The van der Waals surface area contributed by atoms with Gasteiger partial charge in [0.15, 0.2) is 0 Å². The number of terminal acetylenes is 1. The molecule has 0 aromatic heterocycles. The average molecular weight is 315 g/mol. The number of benzene rings is 2. The second kappa shape index (κ2) is 5.66. The van der Waals surface area contributed by atoms with Crippen molar-refractivity contribution in [1.29, 1.82) is 0 Å². The van der Waals surface area contributed by atoms with Gasteiger partial charge in [-0.1, -0.05) is 17.5 Å². The Balaban J connectivity index is 2.56. The summed E-state index contributed by atoms with van der Waals surface area (Å²) >= 11 is 5.77. The molecule has 0 spiro atoms. The number of hydrogen-bond acceptors (Lipinski definition) is 1. The van der Waals surface area contributed by atoms with Crippen molar-refractivity contribution >= 4 is 11.6 Å². The SMILES string of the molecule is C#Cc1cc(OC(F)(F)F)cc(-c2cc(Cl)ccc2F)c1. The van der Waals surface area contributed by atoms with Gasteiger partial charge in [-0.15, -0.1) is 19.6 Å². The van der Waals surface area contributed by atoms with Crippen molar-refractivity contribution in [1.82, 2.24) is 0 Å². The quantitative estimate of drug-likeness (QED) is 0.558. The minimum Gasteiger partial charge on any atom is -0.406 e. The van der Waals surface area contributed by atoms with Crippen molar-refractivity contribution in [3.8, 4) is 29.2 Å². The van der Waals surface area contributed by atoms with Crippen LogP contribution in [0.25, 0.3) is 11.1 Å². The van der Waals surface area contributed by atoms with Crippen molar-refractivity contribution in [3.05, 3.63) is 52.8 Å². The molecule has 2 aromatic carbocycles. The van der Waals surface area contributed by atoms with E-state index in [4.69, 9.17) is 18.0 Å². The molecule has 0 aliphatic rings. The molecule has 0 heterocycles. The van der Waals surface area contributed by atoms with Crippen LogP contribution in [0.2, 0.25) is 5.02 Å². The Hall–Kier alpha value is -2.19. The molecule has 2 rings (SSSR count). The standard InChI is InChI=1S/C15H7ClF4O/c1-2-9-5-10(7-12(6-9)21-15(18,19)20)13-8-11(16)3-4-14(13)17/h1,3-8H. The summed E-state index contributed by atoms with van der Waals surface area (Å²) in [5, 5.41) is 0.246. The number of rotatable bonds is 2. The first-order chi connectivity index (χ1) is 9.78. The highest BCUT2D eigenvalue weighted by atomic mass is 35.5.